The molecule has 6 heavy (non-hydrogen) atoms. The van der Waals surface area contributed by atoms with Crippen LogP contribution in [0.15, 0.2) is 0 Å². The molecule has 0 saturated carbocycles. The van der Waals surface area contributed by atoms with E-state index < -0.39 is 18.8 Å². The van der Waals surface area contributed by atoms with Crippen LogP contribution in [-0.4, -0.2) is 6.02 Å². The molecule has 0 aliphatic rings. The second-order valence-corrected chi connectivity index (χ2v) is 0.914. The van der Waals surface area contributed by atoms with E-state index >= 15 is 0 Å². The topological polar surface area (TPSA) is 26.0 Å². The average Bonchev–Trinajstić information content (AvgIpc) is 1.58. The van der Waals surface area contributed by atoms with Gasteiger partial charge in [-0.2, -0.15) is 0 Å². The zero-order valence-electron chi connectivity index (χ0n) is 9.08. The summed E-state index contributed by atoms with van der Waals surface area (Å²) in [5.41, 5.74) is 5.19. The van der Waals surface area contributed by atoms with Gasteiger partial charge in [-0.05, 0) is 12.7 Å². The predicted octanol–water partition coefficient (Wildman–Crippen LogP) is 1.13. The zero-order valence-corrected chi connectivity index (χ0v) is 4.08. The van der Waals surface area contributed by atoms with Crippen molar-refractivity contribution >= 4 is 0 Å². The van der Waals surface area contributed by atoms with Gasteiger partial charge in [0.15, 0.2) is 0 Å². The summed E-state index contributed by atoms with van der Waals surface area (Å²) < 4.78 is 35.7. The van der Waals surface area contributed by atoms with Crippen molar-refractivity contribution in [3.63, 3.8) is 0 Å². The lowest BCUT2D eigenvalue weighted by Crippen LogP contribution is -2.16. The average molecular weight is 92.2 g/mol. The highest BCUT2D eigenvalue weighted by Crippen LogP contribution is 1.88. The van der Waals surface area contributed by atoms with Crippen LogP contribution in [0.4, 0.5) is 0 Å². The highest BCUT2D eigenvalue weighted by Gasteiger charge is 1.88. The normalized spacial score (nSPS) is 28.8. The number of hydrogen-bond acceptors (Lipinski definition) is 1. The van der Waals surface area contributed by atoms with Crippen LogP contribution in [0, 0.1) is 0 Å². The Morgan fingerprint density at radius 1 is 1.83 bits per heavy atom. The number of nitrogens with two attached hydrogens (primary N) is 1. The van der Waals surface area contributed by atoms with Gasteiger partial charge < -0.3 is 5.73 Å². The van der Waals surface area contributed by atoms with Gasteiger partial charge in [0.1, 0.15) is 0 Å². The molecule has 0 bridgehead atoms. The summed E-state index contributed by atoms with van der Waals surface area (Å²) in [6.45, 7) is 2.20. The SMILES string of the molecule is [2H]C([2H])(C)C([2H])(N)C([2H])([2H])C. The lowest BCUT2D eigenvalue weighted by atomic mass is 10.2. The third kappa shape index (κ3) is 2.21. The summed E-state index contributed by atoms with van der Waals surface area (Å²) in [6.07, 6.45) is -4.10. The van der Waals surface area contributed by atoms with Gasteiger partial charge in [-0.15, -0.1) is 0 Å². The van der Waals surface area contributed by atoms with Crippen LogP contribution in [0.5, 0.6) is 0 Å². The number of hydrogen-bond donors (Lipinski definition) is 1. The fourth-order valence-electron chi connectivity index (χ4n) is 0.125. The molecule has 0 aromatic heterocycles. The van der Waals surface area contributed by atoms with Crippen molar-refractivity contribution < 1.29 is 6.85 Å². The first-order valence-corrected chi connectivity index (χ1v) is 1.79. The molecule has 0 atom stereocenters. The molecule has 0 radical (unpaired) electrons. The quantitative estimate of drug-likeness (QED) is 0.543. The molecule has 0 rings (SSSR count). The highest BCUT2D eigenvalue weighted by molar-refractivity contribution is 4.51. The van der Waals surface area contributed by atoms with Crippen LogP contribution in [0.2, 0.25) is 0 Å². The van der Waals surface area contributed by atoms with E-state index in [1.165, 1.54) is 0 Å². The Bertz CT molecular complexity index is 126. The third-order valence-electron chi connectivity index (χ3n) is 0.539. The van der Waals surface area contributed by atoms with E-state index in [1.54, 1.807) is 0 Å². The summed E-state index contributed by atoms with van der Waals surface area (Å²) in [5.74, 6) is 0. The molecule has 1 nitrogen and oxygen atoms in total. The van der Waals surface area contributed by atoms with E-state index in [-0.39, 0.29) is 0 Å². The summed E-state index contributed by atoms with van der Waals surface area (Å²) in [5, 5.41) is 0. The molecule has 0 aromatic carbocycles. The molecule has 0 spiro atoms. The highest BCUT2D eigenvalue weighted by atomic mass is 14.6. The predicted molar refractivity (Wildman–Crippen MR) is 28.6 cm³/mol. The smallest absolute Gasteiger partial charge is 0.0462 e. The standard InChI is InChI=1S/C5H13N/c1-3-5(6)4-2/h5H,3-4,6H2,1-2H3/i3D2,4D2,5D. The first-order chi connectivity index (χ1) is 4.50. The minimum absolute atomic E-state index is 1.10. The van der Waals surface area contributed by atoms with Gasteiger partial charge in [0.25, 0.3) is 0 Å². The van der Waals surface area contributed by atoms with E-state index in [1.807, 2.05) is 0 Å². The Kier molecular flexibility index (Phi) is 0.779. The first-order valence-electron chi connectivity index (χ1n) is 4.29. The summed E-state index contributed by atoms with van der Waals surface area (Å²) >= 11 is 0. The monoisotopic (exact) mass is 92.1 g/mol. The molecule has 1 heteroatoms. The third-order valence-corrected chi connectivity index (χ3v) is 0.539. The van der Waals surface area contributed by atoms with E-state index in [4.69, 9.17) is 12.6 Å². The van der Waals surface area contributed by atoms with E-state index in [0.29, 0.717) is 0 Å². The Morgan fingerprint density at radius 2 is 2.17 bits per heavy atom. The minimum Gasteiger partial charge on any atom is -0.328 e. The van der Waals surface area contributed by atoms with Crippen molar-refractivity contribution in [1.82, 2.24) is 0 Å². The summed E-state index contributed by atoms with van der Waals surface area (Å²) in [4.78, 5) is 0. The van der Waals surface area contributed by atoms with Crippen molar-refractivity contribution in [2.45, 2.75) is 32.6 Å². The molecule has 0 heterocycles. The van der Waals surface area contributed by atoms with Gasteiger partial charge in [-0.1, -0.05) is 13.8 Å². The Balaban J connectivity index is 4.75. The molecule has 0 amide bonds. The minimum atomic E-state index is -2.21. The van der Waals surface area contributed by atoms with Gasteiger partial charge in [0.05, 0.1) is 0 Å². The molecule has 0 unspecified atom stereocenters. The lowest BCUT2D eigenvalue weighted by molar-refractivity contribution is 0.629. The van der Waals surface area contributed by atoms with Crippen LogP contribution in [0.3, 0.4) is 0 Å². The maximum atomic E-state index is 7.26. The molecule has 38 valence electrons. The van der Waals surface area contributed by atoms with E-state index in [2.05, 4.69) is 0 Å². The van der Waals surface area contributed by atoms with E-state index in [9.17, 15) is 0 Å². The second-order valence-electron chi connectivity index (χ2n) is 0.914. The molecule has 0 aromatic rings. The van der Waals surface area contributed by atoms with Crippen molar-refractivity contribution in [1.29, 1.82) is 0 Å². The molecule has 0 saturated heterocycles. The Labute approximate surface area is 46.6 Å². The molecular weight excluding hydrogens is 74.1 g/mol. The lowest BCUT2D eigenvalue weighted by Gasteiger charge is -1.99. The molecule has 2 N–H and O–H groups in total. The second kappa shape index (κ2) is 3.16. The van der Waals surface area contributed by atoms with Gasteiger partial charge in [0.2, 0.25) is 0 Å². The fraction of sp³-hybridized carbons (Fsp3) is 1.00. The van der Waals surface area contributed by atoms with Gasteiger partial charge in [-0.3, -0.25) is 0 Å². The molecule has 0 aliphatic heterocycles. The largest absolute Gasteiger partial charge is 0.328 e. The Morgan fingerprint density at radius 3 is 2.17 bits per heavy atom. The Hall–Kier alpha value is -0.0400. The van der Waals surface area contributed by atoms with Crippen LogP contribution >= 0.6 is 0 Å². The maximum Gasteiger partial charge on any atom is 0.0462 e. The summed E-state index contributed by atoms with van der Waals surface area (Å²) in [7, 11) is 0. The van der Waals surface area contributed by atoms with Crippen LogP contribution < -0.4 is 5.73 Å². The van der Waals surface area contributed by atoms with Crippen LogP contribution in [-0.2, 0) is 0 Å². The maximum absolute atomic E-state index is 7.26. The van der Waals surface area contributed by atoms with Crippen molar-refractivity contribution in [3.05, 3.63) is 0 Å². The van der Waals surface area contributed by atoms with E-state index in [0.717, 1.165) is 13.8 Å². The molecule has 0 aliphatic carbocycles. The van der Waals surface area contributed by atoms with Gasteiger partial charge in [0, 0.05) is 12.9 Å². The van der Waals surface area contributed by atoms with Gasteiger partial charge >= 0.3 is 0 Å². The molecular formula is C5H13N. The van der Waals surface area contributed by atoms with Crippen molar-refractivity contribution in [2.24, 2.45) is 5.73 Å². The molecule has 0 fully saturated rings. The fourth-order valence-corrected chi connectivity index (χ4v) is 0.125. The number of rotatable bonds is 2. The van der Waals surface area contributed by atoms with Crippen molar-refractivity contribution in [3.8, 4) is 0 Å². The van der Waals surface area contributed by atoms with Crippen LogP contribution in [0.25, 0.3) is 0 Å². The van der Waals surface area contributed by atoms with Crippen LogP contribution in [0.1, 0.15) is 33.4 Å². The van der Waals surface area contributed by atoms with Gasteiger partial charge in [-0.25, -0.2) is 0 Å². The summed E-state index contributed by atoms with van der Waals surface area (Å²) in [6, 6.07) is -2.21. The zero-order chi connectivity index (χ0) is 9.50. The first kappa shape index (κ1) is 1.48. The van der Waals surface area contributed by atoms with Crippen molar-refractivity contribution in [2.75, 3.05) is 0 Å².